The number of aliphatic carboxylic acids is 1. The number of β-amino-alcohol motifs (C(OH)–C–C–N with tert-alkyl or cyclic N) is 1. The Balaban J connectivity index is 1.92. The summed E-state index contributed by atoms with van der Waals surface area (Å²) in [6, 6.07) is -0.294. The molecular weight excluding hydrogens is 274 g/mol. The van der Waals surface area contributed by atoms with Gasteiger partial charge in [0, 0.05) is 26.2 Å². The number of carbonyl (C=O) groups is 2. The van der Waals surface area contributed by atoms with Crippen molar-refractivity contribution < 1.29 is 19.8 Å². The third-order valence-electron chi connectivity index (χ3n) is 4.50. The molecule has 21 heavy (non-hydrogen) atoms. The number of rotatable bonds is 5. The molecule has 1 saturated heterocycles. The minimum Gasteiger partial charge on any atom is -0.480 e. The number of aliphatic hydroxyl groups is 1. The van der Waals surface area contributed by atoms with Crippen molar-refractivity contribution in [3.63, 3.8) is 0 Å². The summed E-state index contributed by atoms with van der Waals surface area (Å²) < 4.78 is 0. The van der Waals surface area contributed by atoms with E-state index in [0.29, 0.717) is 26.2 Å². The van der Waals surface area contributed by atoms with Crippen molar-refractivity contribution in [1.82, 2.24) is 15.1 Å². The average Bonchev–Trinajstić information content (AvgIpc) is 3.26. The first-order valence-electron chi connectivity index (χ1n) is 7.61. The lowest BCUT2D eigenvalue weighted by Crippen LogP contribution is -2.57. The molecule has 7 heteroatoms. The molecule has 2 fully saturated rings. The summed E-state index contributed by atoms with van der Waals surface area (Å²) in [5.41, 5.74) is -1.16. The van der Waals surface area contributed by atoms with Crippen molar-refractivity contribution in [3.8, 4) is 0 Å². The largest absolute Gasteiger partial charge is 0.480 e. The fourth-order valence-electron chi connectivity index (χ4n) is 2.83. The van der Waals surface area contributed by atoms with Crippen LogP contribution in [-0.4, -0.2) is 76.9 Å². The number of hydrogen-bond donors (Lipinski definition) is 3. The number of carbonyl (C=O) groups excluding carboxylic acids is 1. The molecule has 1 unspecified atom stereocenters. The van der Waals surface area contributed by atoms with E-state index in [0.717, 1.165) is 25.8 Å². The summed E-state index contributed by atoms with van der Waals surface area (Å²) in [7, 11) is 0. The molecule has 3 N–H and O–H groups in total. The van der Waals surface area contributed by atoms with Gasteiger partial charge in [0.05, 0.1) is 6.61 Å². The molecule has 0 spiro atoms. The van der Waals surface area contributed by atoms with Crippen LogP contribution < -0.4 is 5.32 Å². The monoisotopic (exact) mass is 299 g/mol. The lowest BCUT2D eigenvalue weighted by atomic mass is 9.96. The van der Waals surface area contributed by atoms with Crippen LogP contribution >= 0.6 is 0 Å². The second kappa shape index (κ2) is 6.62. The van der Waals surface area contributed by atoms with Crippen LogP contribution in [0, 0.1) is 5.92 Å². The van der Waals surface area contributed by atoms with E-state index in [1.807, 2.05) is 0 Å². The first-order chi connectivity index (χ1) is 9.97. The molecule has 120 valence electrons. The molecule has 1 saturated carbocycles. The van der Waals surface area contributed by atoms with Crippen molar-refractivity contribution in [1.29, 1.82) is 0 Å². The summed E-state index contributed by atoms with van der Waals surface area (Å²) in [5, 5.41) is 21.1. The average molecular weight is 299 g/mol. The Kier molecular flexibility index (Phi) is 5.05. The number of nitrogens with one attached hydrogen (secondary N) is 1. The molecule has 1 aliphatic heterocycles. The van der Waals surface area contributed by atoms with Gasteiger partial charge in [-0.1, -0.05) is 0 Å². The van der Waals surface area contributed by atoms with Gasteiger partial charge in [0.2, 0.25) is 0 Å². The van der Waals surface area contributed by atoms with E-state index in [2.05, 4.69) is 10.2 Å². The van der Waals surface area contributed by atoms with E-state index >= 15 is 0 Å². The van der Waals surface area contributed by atoms with Gasteiger partial charge in [-0.2, -0.15) is 0 Å². The Morgan fingerprint density at radius 2 is 1.95 bits per heavy atom. The summed E-state index contributed by atoms with van der Waals surface area (Å²) in [6.45, 7) is 5.07. The van der Waals surface area contributed by atoms with Gasteiger partial charge in [-0.25, -0.2) is 9.59 Å². The highest BCUT2D eigenvalue weighted by Crippen LogP contribution is 2.39. The molecule has 0 aromatic rings. The number of nitrogens with zero attached hydrogens (tertiary/aromatic N) is 2. The Hall–Kier alpha value is -1.34. The molecule has 0 aromatic carbocycles. The van der Waals surface area contributed by atoms with Gasteiger partial charge in [0.25, 0.3) is 0 Å². The Morgan fingerprint density at radius 3 is 2.52 bits per heavy atom. The first kappa shape index (κ1) is 16.0. The Morgan fingerprint density at radius 1 is 1.24 bits per heavy atom. The SMILES string of the molecule is CC(NC(=O)N1CCCN(CCO)CC1)(C(=O)O)C1CC1. The van der Waals surface area contributed by atoms with Crippen molar-refractivity contribution >= 4 is 12.0 Å². The summed E-state index contributed by atoms with van der Waals surface area (Å²) in [6.07, 6.45) is 2.54. The Bertz CT molecular complexity index is 400. The van der Waals surface area contributed by atoms with Crippen molar-refractivity contribution in [3.05, 3.63) is 0 Å². The fraction of sp³-hybridized carbons (Fsp3) is 0.857. The maximum atomic E-state index is 12.4. The minimum absolute atomic E-state index is 0.0387. The van der Waals surface area contributed by atoms with Crippen LogP contribution in [0.1, 0.15) is 26.2 Å². The number of urea groups is 1. The number of hydrogen-bond acceptors (Lipinski definition) is 4. The van der Waals surface area contributed by atoms with Gasteiger partial charge >= 0.3 is 12.0 Å². The van der Waals surface area contributed by atoms with Gasteiger partial charge in [0.1, 0.15) is 5.54 Å². The minimum atomic E-state index is -1.16. The van der Waals surface area contributed by atoms with Crippen LogP contribution in [0.4, 0.5) is 4.79 Å². The molecule has 7 nitrogen and oxygen atoms in total. The molecule has 2 amide bonds. The first-order valence-corrected chi connectivity index (χ1v) is 7.61. The van der Waals surface area contributed by atoms with E-state index < -0.39 is 11.5 Å². The van der Waals surface area contributed by atoms with Crippen LogP contribution in [-0.2, 0) is 4.79 Å². The Labute approximate surface area is 124 Å². The molecule has 2 rings (SSSR count). The van der Waals surface area contributed by atoms with Crippen LogP contribution in [0.3, 0.4) is 0 Å². The summed E-state index contributed by atoms with van der Waals surface area (Å²) in [4.78, 5) is 27.6. The smallest absolute Gasteiger partial charge is 0.329 e. The molecular formula is C14H25N3O4. The third-order valence-corrected chi connectivity index (χ3v) is 4.50. The summed E-state index contributed by atoms with van der Waals surface area (Å²) in [5.74, 6) is -0.924. The molecule has 1 atom stereocenters. The van der Waals surface area contributed by atoms with Gasteiger partial charge in [-0.15, -0.1) is 0 Å². The van der Waals surface area contributed by atoms with Crippen molar-refractivity contribution in [2.45, 2.75) is 31.7 Å². The third kappa shape index (κ3) is 3.85. The number of aliphatic hydroxyl groups excluding tert-OH is 1. The zero-order valence-electron chi connectivity index (χ0n) is 12.5. The fourth-order valence-corrected chi connectivity index (χ4v) is 2.83. The predicted octanol–water partition coefficient (Wildman–Crippen LogP) is -0.0507. The number of carboxylic acids is 1. The van der Waals surface area contributed by atoms with Crippen LogP contribution in [0.5, 0.6) is 0 Å². The topological polar surface area (TPSA) is 93.1 Å². The van der Waals surface area contributed by atoms with Crippen molar-refractivity contribution in [2.75, 3.05) is 39.3 Å². The molecule has 0 aromatic heterocycles. The van der Waals surface area contributed by atoms with Gasteiger partial charge < -0.3 is 20.4 Å². The standard InChI is InChI=1S/C14H25N3O4/c1-14(12(19)20,11-3-4-11)15-13(21)17-6-2-5-16(7-8-17)9-10-18/h11,18H,2-10H2,1H3,(H,15,21)(H,19,20). The van der Waals surface area contributed by atoms with Crippen LogP contribution in [0.25, 0.3) is 0 Å². The zero-order valence-corrected chi connectivity index (χ0v) is 12.5. The second-order valence-corrected chi connectivity index (χ2v) is 6.12. The highest BCUT2D eigenvalue weighted by molar-refractivity contribution is 5.86. The summed E-state index contributed by atoms with van der Waals surface area (Å²) >= 11 is 0. The van der Waals surface area contributed by atoms with Crippen LogP contribution in [0.15, 0.2) is 0 Å². The lowest BCUT2D eigenvalue weighted by Gasteiger charge is -2.30. The second-order valence-electron chi connectivity index (χ2n) is 6.12. The van der Waals surface area contributed by atoms with E-state index in [1.54, 1.807) is 11.8 Å². The lowest BCUT2D eigenvalue weighted by molar-refractivity contribution is -0.144. The molecule has 0 bridgehead atoms. The molecule has 0 radical (unpaired) electrons. The van der Waals surface area contributed by atoms with E-state index in [1.165, 1.54) is 0 Å². The number of carboxylic acid groups (broad SMARTS) is 1. The number of amides is 2. The molecule has 1 heterocycles. The van der Waals surface area contributed by atoms with E-state index in [-0.39, 0.29) is 18.6 Å². The van der Waals surface area contributed by atoms with Gasteiger partial charge in [-0.05, 0) is 38.6 Å². The van der Waals surface area contributed by atoms with Gasteiger partial charge in [-0.3, -0.25) is 4.90 Å². The van der Waals surface area contributed by atoms with E-state index in [9.17, 15) is 14.7 Å². The highest BCUT2D eigenvalue weighted by atomic mass is 16.4. The quantitative estimate of drug-likeness (QED) is 0.662. The van der Waals surface area contributed by atoms with Crippen molar-refractivity contribution in [2.24, 2.45) is 5.92 Å². The maximum Gasteiger partial charge on any atom is 0.329 e. The van der Waals surface area contributed by atoms with E-state index in [4.69, 9.17) is 5.11 Å². The highest BCUT2D eigenvalue weighted by Gasteiger charge is 2.49. The molecule has 2 aliphatic rings. The molecule has 1 aliphatic carbocycles. The van der Waals surface area contributed by atoms with Crippen LogP contribution in [0.2, 0.25) is 0 Å². The predicted molar refractivity (Wildman–Crippen MR) is 77.0 cm³/mol. The maximum absolute atomic E-state index is 12.4. The van der Waals surface area contributed by atoms with Gasteiger partial charge in [0.15, 0.2) is 0 Å². The normalized spacial score (nSPS) is 23.2. The zero-order chi connectivity index (χ0) is 15.5.